The number of fused-ring (bicyclic) bond motifs is 1. The highest BCUT2D eigenvalue weighted by atomic mass is 32.2. The van der Waals surface area contributed by atoms with Gasteiger partial charge in [0, 0.05) is 43.0 Å². The summed E-state index contributed by atoms with van der Waals surface area (Å²) in [5, 5.41) is 16.3. The molecule has 0 aliphatic carbocycles. The average molecular weight is 472 g/mol. The highest BCUT2D eigenvalue weighted by molar-refractivity contribution is 7.86. The number of carbonyl (C=O) groups excluding carboxylic acids is 2. The third-order valence-corrected chi connectivity index (χ3v) is 6.81. The number of aromatic hydroxyl groups is 1. The van der Waals surface area contributed by atoms with E-state index in [-0.39, 0.29) is 23.3 Å². The van der Waals surface area contributed by atoms with Gasteiger partial charge >= 0.3 is 0 Å². The second kappa shape index (κ2) is 9.49. The molecule has 1 atom stereocenters. The van der Waals surface area contributed by atoms with Gasteiger partial charge < -0.3 is 15.7 Å². The third-order valence-electron chi connectivity index (χ3n) is 5.33. The van der Waals surface area contributed by atoms with Crippen LogP contribution in [-0.2, 0) is 17.5 Å². The van der Waals surface area contributed by atoms with Gasteiger partial charge in [-0.3, -0.25) is 18.9 Å². The first-order chi connectivity index (χ1) is 15.9. The first kappa shape index (κ1) is 22.6. The van der Waals surface area contributed by atoms with Crippen LogP contribution in [0, 0.1) is 5.82 Å². The van der Waals surface area contributed by atoms with Crippen molar-refractivity contribution in [2.24, 2.45) is 0 Å². The van der Waals surface area contributed by atoms with Gasteiger partial charge in [-0.15, -0.1) is 0 Å². The molecule has 4 rings (SSSR count). The lowest BCUT2D eigenvalue weighted by Crippen LogP contribution is -2.34. The summed E-state index contributed by atoms with van der Waals surface area (Å²) in [5.74, 6) is -1.39. The van der Waals surface area contributed by atoms with Gasteiger partial charge in [-0.2, -0.15) is 0 Å². The molecule has 11 heteroatoms. The Bertz CT molecular complexity index is 1270. The van der Waals surface area contributed by atoms with Crippen LogP contribution in [0.2, 0.25) is 0 Å². The minimum atomic E-state index is -1.31. The number of rotatable bonds is 5. The summed E-state index contributed by atoms with van der Waals surface area (Å²) in [6, 6.07) is 7.05. The number of nitrogens with one attached hydrogen (secondary N) is 2. The van der Waals surface area contributed by atoms with E-state index in [1.54, 1.807) is 16.4 Å². The monoisotopic (exact) mass is 471 g/mol. The smallest absolute Gasteiger partial charge is 0.274 e. The molecule has 3 N–H and O–H groups in total. The summed E-state index contributed by atoms with van der Waals surface area (Å²) in [4.78, 5) is 33.6. The summed E-state index contributed by atoms with van der Waals surface area (Å²) in [6.45, 7) is 0.398. The Hall–Kier alpha value is -3.60. The lowest BCUT2D eigenvalue weighted by molar-refractivity contribution is 0.0934. The van der Waals surface area contributed by atoms with Crippen molar-refractivity contribution in [3.05, 3.63) is 59.2 Å². The fourth-order valence-corrected chi connectivity index (χ4v) is 4.99. The van der Waals surface area contributed by atoms with E-state index in [9.17, 15) is 23.3 Å². The molecule has 172 valence electrons. The standard InChI is InChI=1S/C22H22FN5O4S/c1-24-21(30)16-11-14(23)7-6-13(16)12-26-22(31)18-19(29)17-15(5-4-8-25-17)20(27-18)28-9-2-3-10-33(28)32/h4-8,11,29H,2-3,9-10,12H2,1H3,(H,24,30)(H,26,31). The molecule has 2 aromatic heterocycles. The first-order valence-electron chi connectivity index (χ1n) is 10.3. The number of nitrogens with zero attached hydrogens (tertiary/aromatic N) is 3. The zero-order valence-corrected chi connectivity index (χ0v) is 18.6. The van der Waals surface area contributed by atoms with Gasteiger partial charge in [0.1, 0.15) is 22.3 Å². The maximum absolute atomic E-state index is 13.6. The molecule has 3 heterocycles. The maximum atomic E-state index is 13.6. The Balaban J connectivity index is 1.69. The predicted octanol–water partition coefficient (Wildman–Crippen LogP) is 2.03. The molecule has 0 spiro atoms. The largest absolute Gasteiger partial charge is 0.504 e. The Morgan fingerprint density at radius 3 is 2.82 bits per heavy atom. The molecule has 0 bridgehead atoms. The van der Waals surface area contributed by atoms with Gasteiger partial charge in [-0.05, 0) is 42.7 Å². The number of hydrogen-bond acceptors (Lipinski definition) is 6. The Morgan fingerprint density at radius 1 is 1.24 bits per heavy atom. The van der Waals surface area contributed by atoms with Crippen LogP contribution in [0.4, 0.5) is 10.2 Å². The molecular formula is C22H22FN5O4S. The molecule has 33 heavy (non-hydrogen) atoms. The highest BCUT2D eigenvalue weighted by Crippen LogP contribution is 2.34. The summed E-state index contributed by atoms with van der Waals surface area (Å²) in [5.41, 5.74) is 0.366. The Morgan fingerprint density at radius 2 is 2.06 bits per heavy atom. The van der Waals surface area contributed by atoms with Gasteiger partial charge in [-0.1, -0.05) is 6.07 Å². The molecule has 1 aliphatic heterocycles. The quantitative estimate of drug-likeness (QED) is 0.523. The molecule has 1 fully saturated rings. The van der Waals surface area contributed by atoms with Crippen molar-refractivity contribution in [3.8, 4) is 5.75 Å². The lowest BCUT2D eigenvalue weighted by Gasteiger charge is -2.27. The van der Waals surface area contributed by atoms with E-state index in [2.05, 4.69) is 20.6 Å². The van der Waals surface area contributed by atoms with Crippen LogP contribution < -0.4 is 14.9 Å². The fourth-order valence-electron chi connectivity index (χ4n) is 3.66. The van der Waals surface area contributed by atoms with Crippen molar-refractivity contribution in [2.75, 3.05) is 23.7 Å². The predicted molar refractivity (Wildman–Crippen MR) is 122 cm³/mol. The number of carbonyl (C=O) groups is 2. The summed E-state index contributed by atoms with van der Waals surface area (Å²) in [7, 11) is 0.114. The van der Waals surface area contributed by atoms with Gasteiger partial charge in [0.05, 0.1) is 0 Å². The minimum absolute atomic E-state index is 0.0829. The summed E-state index contributed by atoms with van der Waals surface area (Å²) < 4.78 is 27.9. The van der Waals surface area contributed by atoms with E-state index in [0.717, 1.165) is 18.9 Å². The molecule has 1 aliphatic rings. The Kier molecular flexibility index (Phi) is 6.50. The number of hydrogen-bond donors (Lipinski definition) is 3. The zero-order valence-electron chi connectivity index (χ0n) is 17.8. The molecule has 2 amide bonds. The van der Waals surface area contributed by atoms with Gasteiger partial charge in [-0.25, -0.2) is 13.6 Å². The van der Waals surface area contributed by atoms with E-state index in [4.69, 9.17) is 0 Å². The van der Waals surface area contributed by atoms with Crippen LogP contribution in [0.5, 0.6) is 5.75 Å². The fraction of sp³-hybridized carbons (Fsp3) is 0.273. The van der Waals surface area contributed by atoms with Crippen molar-refractivity contribution in [1.82, 2.24) is 20.6 Å². The van der Waals surface area contributed by atoms with Crippen LogP contribution in [0.1, 0.15) is 39.3 Å². The normalized spacial score (nSPS) is 15.9. The average Bonchev–Trinajstić information content (AvgIpc) is 2.83. The summed E-state index contributed by atoms with van der Waals surface area (Å²) >= 11 is 0. The van der Waals surface area contributed by atoms with Crippen LogP contribution in [0.25, 0.3) is 10.9 Å². The Labute approximate surface area is 191 Å². The van der Waals surface area contributed by atoms with E-state index in [0.29, 0.717) is 29.1 Å². The van der Waals surface area contributed by atoms with E-state index >= 15 is 0 Å². The van der Waals surface area contributed by atoms with E-state index < -0.39 is 34.4 Å². The maximum Gasteiger partial charge on any atom is 0.274 e. The second-order valence-corrected chi connectivity index (χ2v) is 8.92. The van der Waals surface area contributed by atoms with Gasteiger partial charge in [0.2, 0.25) is 0 Å². The van der Waals surface area contributed by atoms with Gasteiger partial charge in [0.25, 0.3) is 11.8 Å². The van der Waals surface area contributed by atoms with Crippen LogP contribution in [0.3, 0.4) is 0 Å². The minimum Gasteiger partial charge on any atom is -0.504 e. The van der Waals surface area contributed by atoms with Crippen molar-refractivity contribution >= 4 is 39.5 Å². The molecule has 9 nitrogen and oxygen atoms in total. The molecule has 0 radical (unpaired) electrons. The van der Waals surface area contributed by atoms with Crippen LogP contribution >= 0.6 is 0 Å². The molecule has 1 aromatic carbocycles. The first-order valence-corrected chi connectivity index (χ1v) is 11.6. The van der Waals surface area contributed by atoms with Crippen molar-refractivity contribution < 1.29 is 23.3 Å². The topological polar surface area (TPSA) is 125 Å². The second-order valence-electron chi connectivity index (χ2n) is 7.43. The van der Waals surface area contributed by atoms with Crippen molar-refractivity contribution in [1.29, 1.82) is 0 Å². The van der Waals surface area contributed by atoms with E-state index in [1.165, 1.54) is 25.4 Å². The van der Waals surface area contributed by atoms with Crippen molar-refractivity contribution in [2.45, 2.75) is 19.4 Å². The molecule has 1 saturated heterocycles. The van der Waals surface area contributed by atoms with Crippen LogP contribution in [-0.4, -0.2) is 50.4 Å². The third kappa shape index (κ3) is 4.49. The number of amides is 2. The molecule has 1 unspecified atom stereocenters. The van der Waals surface area contributed by atoms with Gasteiger partial charge in [0.15, 0.2) is 17.3 Å². The van der Waals surface area contributed by atoms with Crippen LogP contribution in [0.15, 0.2) is 36.5 Å². The molecule has 3 aromatic rings. The summed E-state index contributed by atoms with van der Waals surface area (Å²) in [6.07, 6.45) is 3.13. The molecule has 0 saturated carbocycles. The molecular weight excluding hydrogens is 449 g/mol. The number of benzene rings is 1. The number of anilines is 1. The van der Waals surface area contributed by atoms with Crippen molar-refractivity contribution in [3.63, 3.8) is 0 Å². The highest BCUT2D eigenvalue weighted by Gasteiger charge is 2.27. The lowest BCUT2D eigenvalue weighted by atomic mass is 10.1. The SMILES string of the molecule is CNC(=O)c1cc(F)ccc1CNC(=O)c1nc(N2CCCCS2=O)c2cccnc2c1O. The number of halogens is 1. The zero-order chi connectivity index (χ0) is 23.5. The number of pyridine rings is 2. The van der Waals surface area contributed by atoms with E-state index in [1.807, 2.05) is 0 Å². The number of aromatic nitrogens is 2.